The van der Waals surface area contributed by atoms with Gasteiger partial charge in [-0.25, -0.2) is 0 Å². The minimum atomic E-state index is -0.474. The van der Waals surface area contributed by atoms with Crippen molar-refractivity contribution in [1.82, 2.24) is 9.97 Å². The van der Waals surface area contributed by atoms with E-state index in [4.69, 9.17) is 16.5 Å². The molecule has 1 aliphatic carbocycles. The quantitative estimate of drug-likeness (QED) is 0.312. The van der Waals surface area contributed by atoms with Gasteiger partial charge in [0, 0.05) is 46.8 Å². The van der Waals surface area contributed by atoms with Gasteiger partial charge in [-0.15, -0.1) is 0 Å². The van der Waals surface area contributed by atoms with Gasteiger partial charge in [-0.1, -0.05) is 24.3 Å². The van der Waals surface area contributed by atoms with E-state index in [9.17, 15) is 9.90 Å². The molecule has 0 saturated heterocycles. The van der Waals surface area contributed by atoms with Gasteiger partial charge in [0.1, 0.15) is 0 Å². The van der Waals surface area contributed by atoms with Gasteiger partial charge in [-0.3, -0.25) is 14.8 Å². The Morgan fingerprint density at radius 3 is 2.61 bits per heavy atom. The number of rotatable bonds is 7. The van der Waals surface area contributed by atoms with E-state index < -0.39 is 5.91 Å². The number of nitrogens with two attached hydrogens (primary N) is 2. The number of aromatic nitrogens is 2. The summed E-state index contributed by atoms with van der Waals surface area (Å²) in [5.74, 6) is -0.474. The van der Waals surface area contributed by atoms with Crippen LogP contribution in [-0.4, -0.2) is 39.7 Å². The standard InChI is InChI=1S/C29H31N5O2/c30-12-10-18-14-20(17-32-16-18)23-2-1-3-25-24(23)11-13-33-28(25)19-4-9-26(29(31)36)27(15-19)34-21-5-7-22(35)8-6-21/h1-4,9,11,13-17,21-22,34-35H,5-8,10,12,30H2,(H2,31,36). The molecule has 5 rings (SSSR count). The SMILES string of the molecule is NCCc1cncc(-c2cccc3c(-c4ccc(C(N)=O)c(NC5CCC(O)CC5)c4)nccc23)c1. The number of nitrogens with zero attached hydrogens (tertiary/aromatic N) is 2. The second-order valence-corrected chi connectivity index (χ2v) is 9.46. The average Bonchev–Trinajstić information content (AvgIpc) is 2.89. The normalized spacial score (nSPS) is 17.7. The molecule has 1 amide bonds. The number of benzene rings is 2. The molecule has 7 heteroatoms. The highest BCUT2D eigenvalue weighted by Crippen LogP contribution is 2.35. The van der Waals surface area contributed by atoms with Crippen LogP contribution in [0.3, 0.4) is 0 Å². The molecule has 1 fully saturated rings. The van der Waals surface area contributed by atoms with Crippen LogP contribution in [0.2, 0.25) is 0 Å². The number of anilines is 1. The third kappa shape index (κ3) is 4.94. The number of aliphatic hydroxyl groups is 1. The number of primary amides is 1. The molecule has 36 heavy (non-hydrogen) atoms. The molecule has 0 spiro atoms. The highest BCUT2D eigenvalue weighted by atomic mass is 16.3. The van der Waals surface area contributed by atoms with Crippen LogP contribution in [0.25, 0.3) is 33.2 Å². The van der Waals surface area contributed by atoms with Gasteiger partial charge in [0.25, 0.3) is 5.91 Å². The molecule has 7 nitrogen and oxygen atoms in total. The third-order valence-corrected chi connectivity index (χ3v) is 6.96. The number of amides is 1. The van der Waals surface area contributed by atoms with Crippen LogP contribution in [0.5, 0.6) is 0 Å². The Kier molecular flexibility index (Phi) is 6.93. The molecule has 2 aromatic carbocycles. The monoisotopic (exact) mass is 481 g/mol. The summed E-state index contributed by atoms with van der Waals surface area (Å²) in [6.07, 6.45) is 9.27. The molecule has 0 aliphatic heterocycles. The van der Waals surface area contributed by atoms with E-state index in [1.165, 1.54) is 0 Å². The first-order valence-electron chi connectivity index (χ1n) is 12.4. The third-order valence-electron chi connectivity index (χ3n) is 6.96. The number of nitrogens with one attached hydrogen (secondary N) is 1. The van der Waals surface area contributed by atoms with E-state index in [1.807, 2.05) is 42.9 Å². The van der Waals surface area contributed by atoms with Crippen LogP contribution in [0.1, 0.15) is 41.6 Å². The number of hydrogen-bond donors (Lipinski definition) is 4. The summed E-state index contributed by atoms with van der Waals surface area (Å²) >= 11 is 0. The smallest absolute Gasteiger partial charge is 0.250 e. The Labute approximate surface area is 210 Å². The van der Waals surface area contributed by atoms with Crippen LogP contribution >= 0.6 is 0 Å². The fourth-order valence-electron chi connectivity index (χ4n) is 5.09. The first-order valence-corrected chi connectivity index (χ1v) is 12.4. The lowest BCUT2D eigenvalue weighted by Crippen LogP contribution is -2.29. The molecule has 2 heterocycles. The van der Waals surface area contributed by atoms with E-state index in [2.05, 4.69) is 28.5 Å². The fourth-order valence-corrected chi connectivity index (χ4v) is 5.09. The van der Waals surface area contributed by atoms with E-state index in [-0.39, 0.29) is 12.1 Å². The Morgan fingerprint density at radius 1 is 1.00 bits per heavy atom. The number of fused-ring (bicyclic) bond motifs is 1. The molecule has 4 aromatic rings. The van der Waals surface area contributed by atoms with Crippen LogP contribution in [0.4, 0.5) is 5.69 Å². The summed E-state index contributed by atoms with van der Waals surface area (Å²) in [5, 5.41) is 15.4. The maximum atomic E-state index is 12.2. The summed E-state index contributed by atoms with van der Waals surface area (Å²) in [6.45, 7) is 0.577. The molecule has 6 N–H and O–H groups in total. The Balaban J connectivity index is 1.56. The van der Waals surface area contributed by atoms with Crippen molar-refractivity contribution in [2.75, 3.05) is 11.9 Å². The summed E-state index contributed by atoms with van der Waals surface area (Å²) in [7, 11) is 0. The second-order valence-electron chi connectivity index (χ2n) is 9.46. The number of aliphatic hydroxyl groups excluding tert-OH is 1. The Morgan fingerprint density at radius 2 is 1.83 bits per heavy atom. The van der Waals surface area contributed by atoms with Crippen LogP contribution < -0.4 is 16.8 Å². The molecular formula is C29H31N5O2. The molecule has 2 aromatic heterocycles. The van der Waals surface area contributed by atoms with Gasteiger partial charge < -0.3 is 21.9 Å². The molecule has 0 unspecified atom stereocenters. The maximum Gasteiger partial charge on any atom is 0.250 e. The molecule has 0 radical (unpaired) electrons. The Hall–Kier alpha value is -3.81. The number of pyridine rings is 2. The molecule has 1 saturated carbocycles. The first kappa shape index (κ1) is 23.9. The van der Waals surface area contributed by atoms with Crippen molar-refractivity contribution in [3.05, 3.63) is 78.2 Å². The van der Waals surface area contributed by atoms with Crippen LogP contribution in [0, 0.1) is 0 Å². The van der Waals surface area contributed by atoms with Crippen molar-refractivity contribution < 1.29 is 9.90 Å². The van der Waals surface area contributed by atoms with Gasteiger partial charge in [0.2, 0.25) is 0 Å². The van der Waals surface area contributed by atoms with Gasteiger partial charge >= 0.3 is 0 Å². The Bertz CT molecular complexity index is 1400. The van der Waals surface area contributed by atoms with Crippen molar-refractivity contribution in [1.29, 1.82) is 0 Å². The minimum absolute atomic E-state index is 0.183. The molecule has 184 valence electrons. The highest BCUT2D eigenvalue weighted by molar-refractivity contribution is 6.04. The number of hydrogen-bond acceptors (Lipinski definition) is 6. The van der Waals surface area contributed by atoms with Crippen molar-refractivity contribution in [3.8, 4) is 22.4 Å². The van der Waals surface area contributed by atoms with E-state index >= 15 is 0 Å². The van der Waals surface area contributed by atoms with E-state index in [1.54, 1.807) is 6.07 Å². The highest BCUT2D eigenvalue weighted by Gasteiger charge is 2.21. The van der Waals surface area contributed by atoms with Gasteiger partial charge in [-0.2, -0.15) is 0 Å². The van der Waals surface area contributed by atoms with Crippen molar-refractivity contribution in [2.45, 2.75) is 44.2 Å². The zero-order chi connectivity index (χ0) is 25.1. The van der Waals surface area contributed by atoms with E-state index in [0.717, 1.165) is 70.8 Å². The molecule has 0 atom stereocenters. The number of carbonyl (C=O) groups excluding carboxylic acids is 1. The predicted octanol–water partition coefficient (Wildman–Crippen LogP) is 4.28. The average molecular weight is 482 g/mol. The second kappa shape index (κ2) is 10.4. The summed E-state index contributed by atoms with van der Waals surface area (Å²) in [4.78, 5) is 21.3. The largest absolute Gasteiger partial charge is 0.393 e. The molecule has 1 aliphatic rings. The lowest BCUT2D eigenvalue weighted by Gasteiger charge is -2.28. The van der Waals surface area contributed by atoms with Crippen molar-refractivity contribution in [3.63, 3.8) is 0 Å². The minimum Gasteiger partial charge on any atom is -0.393 e. The summed E-state index contributed by atoms with van der Waals surface area (Å²) < 4.78 is 0. The van der Waals surface area contributed by atoms with Crippen LogP contribution in [0.15, 0.2) is 67.1 Å². The van der Waals surface area contributed by atoms with Gasteiger partial charge in [0.15, 0.2) is 0 Å². The van der Waals surface area contributed by atoms with Crippen LogP contribution in [-0.2, 0) is 6.42 Å². The summed E-state index contributed by atoms with van der Waals surface area (Å²) in [6, 6.07) is 16.2. The van der Waals surface area contributed by atoms with Gasteiger partial charge in [-0.05, 0) is 79.4 Å². The van der Waals surface area contributed by atoms with E-state index in [0.29, 0.717) is 17.8 Å². The lowest BCUT2D eigenvalue weighted by atomic mass is 9.92. The lowest BCUT2D eigenvalue weighted by molar-refractivity contribution is 0.100. The zero-order valence-electron chi connectivity index (χ0n) is 20.2. The maximum absolute atomic E-state index is 12.2. The van der Waals surface area contributed by atoms with Crippen molar-refractivity contribution >= 4 is 22.4 Å². The van der Waals surface area contributed by atoms with Crippen molar-refractivity contribution in [2.24, 2.45) is 11.5 Å². The summed E-state index contributed by atoms with van der Waals surface area (Å²) in [5.41, 5.74) is 17.5. The number of carbonyl (C=O) groups is 1. The molecule has 0 bridgehead atoms. The zero-order valence-corrected chi connectivity index (χ0v) is 20.2. The fraction of sp³-hybridized carbons (Fsp3) is 0.276. The predicted molar refractivity (Wildman–Crippen MR) is 144 cm³/mol. The van der Waals surface area contributed by atoms with Gasteiger partial charge in [0.05, 0.1) is 17.4 Å². The molecular weight excluding hydrogens is 450 g/mol. The topological polar surface area (TPSA) is 127 Å². The first-order chi connectivity index (χ1) is 17.5.